The van der Waals surface area contributed by atoms with Crippen LogP contribution >= 0.6 is 10.3 Å². The second-order valence-corrected chi connectivity index (χ2v) is 16.8. The zero-order chi connectivity index (χ0) is 32.6. The van der Waals surface area contributed by atoms with Gasteiger partial charge >= 0.3 is 15.6 Å². The van der Waals surface area contributed by atoms with Crippen LogP contribution in [0.25, 0.3) is 0 Å². The summed E-state index contributed by atoms with van der Waals surface area (Å²) in [5.74, 6) is 0.587. The molecule has 0 radical (unpaired) electrons. The molecule has 238 valence electrons. The van der Waals surface area contributed by atoms with Crippen LogP contribution in [0.2, 0.25) is 0 Å². The van der Waals surface area contributed by atoms with Gasteiger partial charge in [0, 0.05) is 54.3 Å². The molecule has 43 heavy (non-hydrogen) atoms. The number of nitrogens with zero attached hydrogens (tertiary/aromatic N) is 2. The molecule has 0 bridgehead atoms. The van der Waals surface area contributed by atoms with Crippen LogP contribution in [-0.4, -0.2) is 53.3 Å². The van der Waals surface area contributed by atoms with Gasteiger partial charge in [0.1, 0.15) is 11.2 Å². The monoisotopic (exact) mass is 642 g/mol. The second kappa shape index (κ2) is 12.1. The minimum absolute atomic E-state index is 0.177. The summed E-state index contributed by atoms with van der Waals surface area (Å²) in [6.45, 7) is 11.0. The topological polar surface area (TPSA) is 68.3 Å². The molecule has 0 atom stereocenters. The molecule has 0 aliphatic carbocycles. The lowest BCUT2D eigenvalue weighted by Crippen LogP contribution is -2.28. The first-order chi connectivity index (χ1) is 19.6. The van der Waals surface area contributed by atoms with E-state index in [-0.39, 0.29) is 20.4 Å². The molecule has 3 aromatic rings. The van der Waals surface area contributed by atoms with Gasteiger partial charge in [0.2, 0.25) is 0 Å². The van der Waals surface area contributed by atoms with Crippen LogP contribution in [0.4, 0.5) is 24.5 Å². The van der Waals surface area contributed by atoms with Crippen molar-refractivity contribution in [1.29, 1.82) is 0 Å². The zero-order valence-corrected chi connectivity index (χ0v) is 27.9. The number of benzene rings is 3. The van der Waals surface area contributed by atoms with Crippen LogP contribution in [0.5, 0.6) is 11.5 Å². The summed E-state index contributed by atoms with van der Waals surface area (Å²) in [5.41, 5.74) is -5.47. The van der Waals surface area contributed by atoms with E-state index in [1.165, 1.54) is 12.1 Å². The number of ether oxygens (including phenoxy) is 2. The van der Waals surface area contributed by atoms with E-state index in [1.54, 1.807) is 54.6 Å². The van der Waals surface area contributed by atoms with Crippen LogP contribution in [0, 0.1) is 0 Å². The lowest BCUT2D eigenvalue weighted by Gasteiger charge is -2.40. The Morgan fingerprint density at radius 3 is 1.30 bits per heavy atom. The Labute approximate surface area is 255 Å². The average Bonchev–Trinajstić information content (AvgIpc) is 2.86. The van der Waals surface area contributed by atoms with E-state index in [4.69, 9.17) is 13.1 Å². The molecule has 3 rings (SSSR count). The van der Waals surface area contributed by atoms with E-state index < -0.39 is 37.1 Å². The van der Waals surface area contributed by atoms with E-state index >= 15 is 0 Å². The summed E-state index contributed by atoms with van der Waals surface area (Å²) in [6.07, 6.45) is 0. The maximum Gasteiger partial charge on any atom is 0.524 e. The molecule has 0 aliphatic heterocycles. The van der Waals surface area contributed by atoms with Crippen molar-refractivity contribution >= 4 is 31.8 Å². The molecule has 0 N–H and O–H groups in total. The van der Waals surface area contributed by atoms with Crippen molar-refractivity contribution in [2.45, 2.75) is 72.9 Å². The highest BCUT2D eigenvalue weighted by atomic mass is 32.3. The van der Waals surface area contributed by atoms with Crippen molar-refractivity contribution in [2.24, 2.45) is 0 Å². The molecule has 0 fully saturated rings. The highest BCUT2D eigenvalue weighted by molar-refractivity contribution is 8.33. The van der Waals surface area contributed by atoms with E-state index in [0.29, 0.717) is 5.75 Å². The van der Waals surface area contributed by atoms with Gasteiger partial charge in [0.25, 0.3) is 0 Å². The maximum absolute atomic E-state index is 14.0. The molecule has 0 aromatic heterocycles. The minimum Gasteiger partial charge on any atom is -0.484 e. The van der Waals surface area contributed by atoms with Crippen LogP contribution in [-0.2, 0) is 13.7 Å². The van der Waals surface area contributed by atoms with E-state index in [1.807, 2.05) is 79.5 Å². The fourth-order valence-electron chi connectivity index (χ4n) is 4.06. The van der Waals surface area contributed by atoms with Gasteiger partial charge in [-0.25, -0.2) is 0 Å². The van der Waals surface area contributed by atoms with Crippen LogP contribution in [0.3, 0.4) is 0 Å². The van der Waals surface area contributed by atoms with Gasteiger partial charge in [0.05, 0.1) is 0 Å². The van der Waals surface area contributed by atoms with Crippen molar-refractivity contribution < 1.29 is 34.7 Å². The Bertz CT molecular complexity index is 1460. The van der Waals surface area contributed by atoms with Gasteiger partial charge < -0.3 is 19.3 Å². The Morgan fingerprint density at radius 2 is 0.953 bits per heavy atom. The predicted molar refractivity (Wildman–Crippen MR) is 167 cm³/mol. The minimum atomic E-state index is -6.10. The van der Waals surface area contributed by atoms with Gasteiger partial charge in [-0.2, -0.15) is 25.2 Å². The molecule has 12 heteroatoms. The highest BCUT2D eigenvalue weighted by Gasteiger charge is 2.52. The largest absolute Gasteiger partial charge is 0.524 e. The molecule has 0 amide bonds. The molecule has 0 spiro atoms. The Hall–Kier alpha value is -3.09. The Morgan fingerprint density at radius 1 is 0.581 bits per heavy atom. The fraction of sp³-hybridized carbons (Fsp3) is 0.419. The summed E-state index contributed by atoms with van der Waals surface area (Å²) >= 11 is 0. The standard InChI is InChI=1S/C31H41F3N2O5S2/c1-29(2,3)39-27-20-19-26(21-28(27)40-30(4,5)6)42(41-43(37,38)31(32,33)34,24-15-11-22(12-16-24)35(7)8)25-17-13-23(14-18-25)36(9)10/h11-21H,1-10H3. The molecule has 0 aliphatic rings. The molecular formula is C31H41F3N2O5S2. The Balaban J connectivity index is 2.49. The third-order valence-electron chi connectivity index (χ3n) is 5.92. The molecule has 0 saturated carbocycles. The molecule has 0 saturated heterocycles. The van der Waals surface area contributed by atoms with E-state index in [2.05, 4.69) is 0 Å². The van der Waals surface area contributed by atoms with Gasteiger partial charge in [-0.05, 0) is 119 Å². The van der Waals surface area contributed by atoms with Crippen LogP contribution in [0.1, 0.15) is 41.5 Å². The normalized spacial score (nSPS) is 13.4. The third kappa shape index (κ3) is 8.10. The number of rotatable bonds is 9. The fourth-order valence-corrected chi connectivity index (χ4v) is 8.78. The Kier molecular flexibility index (Phi) is 9.70. The number of hydrogen-bond acceptors (Lipinski definition) is 7. The van der Waals surface area contributed by atoms with Crippen molar-refractivity contribution in [1.82, 2.24) is 0 Å². The molecule has 7 nitrogen and oxygen atoms in total. The van der Waals surface area contributed by atoms with Crippen LogP contribution < -0.4 is 19.3 Å². The smallest absolute Gasteiger partial charge is 0.484 e. The number of halogens is 3. The van der Waals surface area contributed by atoms with Crippen molar-refractivity contribution in [3.63, 3.8) is 0 Å². The van der Waals surface area contributed by atoms with Gasteiger partial charge in [-0.3, -0.25) is 0 Å². The van der Waals surface area contributed by atoms with Crippen molar-refractivity contribution in [2.75, 3.05) is 38.0 Å². The summed E-state index contributed by atoms with van der Waals surface area (Å²) in [6, 6.07) is 17.9. The zero-order valence-electron chi connectivity index (χ0n) is 26.2. The van der Waals surface area contributed by atoms with E-state index in [0.717, 1.165) is 11.4 Å². The van der Waals surface area contributed by atoms with Crippen LogP contribution in [0.15, 0.2) is 81.4 Å². The molecule has 0 unspecified atom stereocenters. The van der Waals surface area contributed by atoms with Gasteiger partial charge in [0.15, 0.2) is 11.5 Å². The summed E-state index contributed by atoms with van der Waals surface area (Å²) in [4.78, 5) is 4.32. The second-order valence-electron chi connectivity index (χ2n) is 12.3. The first-order valence-corrected chi connectivity index (χ1v) is 16.4. The molecular weight excluding hydrogens is 601 g/mol. The summed E-state index contributed by atoms with van der Waals surface area (Å²) in [5, 5.41) is 0. The van der Waals surface area contributed by atoms with Gasteiger partial charge in [-0.1, -0.05) is 0 Å². The number of anilines is 2. The SMILES string of the molecule is CN(C)c1ccc(S(OS(=O)(=O)C(F)(F)F)(c2ccc(N(C)C)cc2)c2ccc(OC(C)(C)C)c(OC(C)(C)C)c2)cc1. The third-order valence-corrected chi connectivity index (χ3v) is 10.8. The highest BCUT2D eigenvalue weighted by Crippen LogP contribution is 2.71. The quantitative estimate of drug-likeness (QED) is 0.218. The first-order valence-electron chi connectivity index (χ1n) is 13.5. The molecule has 3 aromatic carbocycles. The number of hydrogen-bond donors (Lipinski definition) is 0. The van der Waals surface area contributed by atoms with Gasteiger partial charge in [-0.15, -0.1) is 0 Å². The maximum atomic E-state index is 14.0. The predicted octanol–water partition coefficient (Wildman–Crippen LogP) is 8.24. The summed E-state index contributed by atoms with van der Waals surface area (Å²) < 4.78 is 85.8. The molecule has 0 heterocycles. The summed E-state index contributed by atoms with van der Waals surface area (Å²) in [7, 11) is -2.38. The lowest BCUT2D eigenvalue weighted by molar-refractivity contribution is -0.0496. The average molecular weight is 643 g/mol. The lowest BCUT2D eigenvalue weighted by atomic mass is 10.1. The number of alkyl halides is 3. The van der Waals surface area contributed by atoms with Crippen molar-refractivity contribution in [3.8, 4) is 11.5 Å². The first kappa shape index (κ1) is 34.4. The van der Waals surface area contributed by atoms with E-state index in [9.17, 15) is 21.6 Å². The van der Waals surface area contributed by atoms with Crippen molar-refractivity contribution in [3.05, 3.63) is 66.7 Å².